The Labute approximate surface area is 140 Å². The quantitative estimate of drug-likeness (QED) is 0.847. The molecule has 3 rings (SSSR count). The topological polar surface area (TPSA) is 47.0 Å². The average Bonchev–Trinajstić information content (AvgIpc) is 2.87. The van der Waals surface area contributed by atoms with Crippen LogP contribution in [-0.4, -0.2) is 83.2 Å². The van der Waals surface area contributed by atoms with Gasteiger partial charge in [-0.1, -0.05) is 26.2 Å². The van der Waals surface area contributed by atoms with Crippen molar-refractivity contribution in [3.63, 3.8) is 0 Å². The number of amides is 1. The standard InChI is InChI=1S/C18H33N3O2/c1-15-12-19(14-18(23)6-4-3-5-7-18)13-17(15)21-10-8-20(9-11-21)16(2)22/h15,17,23H,3-14H2,1-2H3. The Morgan fingerprint density at radius 3 is 2.35 bits per heavy atom. The maximum atomic E-state index is 11.5. The van der Waals surface area contributed by atoms with E-state index in [4.69, 9.17) is 0 Å². The van der Waals surface area contributed by atoms with Crippen molar-refractivity contribution in [1.82, 2.24) is 14.7 Å². The predicted molar refractivity (Wildman–Crippen MR) is 91.3 cm³/mol. The van der Waals surface area contributed by atoms with Crippen LogP contribution in [0.15, 0.2) is 0 Å². The number of likely N-dealkylation sites (tertiary alicyclic amines) is 1. The highest BCUT2D eigenvalue weighted by Crippen LogP contribution is 2.31. The first-order chi connectivity index (χ1) is 11.0. The first kappa shape index (κ1) is 17.2. The average molecular weight is 323 g/mol. The summed E-state index contributed by atoms with van der Waals surface area (Å²) in [6, 6.07) is 0.580. The first-order valence-corrected chi connectivity index (χ1v) is 9.41. The molecule has 3 fully saturated rings. The number of hydrogen-bond donors (Lipinski definition) is 1. The van der Waals surface area contributed by atoms with Gasteiger partial charge in [-0.05, 0) is 18.8 Å². The smallest absolute Gasteiger partial charge is 0.219 e. The second kappa shape index (κ2) is 7.08. The molecule has 2 unspecified atom stereocenters. The van der Waals surface area contributed by atoms with Crippen molar-refractivity contribution in [3.05, 3.63) is 0 Å². The lowest BCUT2D eigenvalue weighted by Crippen LogP contribution is -2.53. The molecule has 2 atom stereocenters. The molecule has 23 heavy (non-hydrogen) atoms. The lowest BCUT2D eigenvalue weighted by molar-refractivity contribution is -0.130. The summed E-state index contributed by atoms with van der Waals surface area (Å²) in [5, 5.41) is 10.8. The number of β-amino-alcohol motifs (C(OH)–C–C–N with tert-alkyl or cyclic N) is 1. The molecular weight excluding hydrogens is 290 g/mol. The summed E-state index contributed by atoms with van der Waals surface area (Å²) >= 11 is 0. The Kier molecular flexibility index (Phi) is 5.29. The van der Waals surface area contributed by atoms with Gasteiger partial charge in [-0.2, -0.15) is 0 Å². The number of carbonyl (C=O) groups is 1. The zero-order valence-corrected chi connectivity index (χ0v) is 14.8. The van der Waals surface area contributed by atoms with Gasteiger partial charge in [0.15, 0.2) is 0 Å². The zero-order valence-electron chi connectivity index (χ0n) is 14.8. The highest BCUT2D eigenvalue weighted by atomic mass is 16.3. The van der Waals surface area contributed by atoms with Crippen molar-refractivity contribution < 1.29 is 9.90 Å². The first-order valence-electron chi connectivity index (χ1n) is 9.41. The second-order valence-corrected chi connectivity index (χ2v) is 8.07. The van der Waals surface area contributed by atoms with Gasteiger partial charge >= 0.3 is 0 Å². The molecule has 2 heterocycles. The molecule has 1 aliphatic carbocycles. The number of nitrogens with zero attached hydrogens (tertiary/aromatic N) is 3. The number of hydrogen-bond acceptors (Lipinski definition) is 4. The minimum atomic E-state index is -0.444. The van der Waals surface area contributed by atoms with E-state index >= 15 is 0 Å². The van der Waals surface area contributed by atoms with Crippen LogP contribution in [-0.2, 0) is 4.79 Å². The summed E-state index contributed by atoms with van der Waals surface area (Å²) in [6.45, 7) is 10.7. The van der Waals surface area contributed by atoms with E-state index in [0.717, 1.165) is 58.7 Å². The molecular formula is C18H33N3O2. The van der Waals surface area contributed by atoms with Gasteiger partial charge in [-0.15, -0.1) is 0 Å². The molecule has 3 aliphatic rings. The van der Waals surface area contributed by atoms with Crippen LogP contribution in [0.4, 0.5) is 0 Å². The number of carbonyl (C=O) groups excluding carboxylic acids is 1. The Balaban J connectivity index is 1.51. The fraction of sp³-hybridized carbons (Fsp3) is 0.944. The van der Waals surface area contributed by atoms with Crippen LogP contribution >= 0.6 is 0 Å². The van der Waals surface area contributed by atoms with Crippen LogP contribution in [0.25, 0.3) is 0 Å². The molecule has 1 saturated carbocycles. The molecule has 5 nitrogen and oxygen atoms in total. The summed E-state index contributed by atoms with van der Waals surface area (Å²) in [4.78, 5) is 18.5. The van der Waals surface area contributed by atoms with Gasteiger partial charge in [0.1, 0.15) is 0 Å². The van der Waals surface area contributed by atoms with Crippen LogP contribution in [0.2, 0.25) is 0 Å². The van der Waals surface area contributed by atoms with Gasteiger partial charge in [-0.25, -0.2) is 0 Å². The maximum absolute atomic E-state index is 11.5. The molecule has 0 aromatic carbocycles. The molecule has 0 radical (unpaired) electrons. The van der Waals surface area contributed by atoms with Gasteiger partial charge in [0, 0.05) is 58.8 Å². The lowest BCUT2D eigenvalue weighted by Gasteiger charge is -2.39. The van der Waals surface area contributed by atoms with E-state index in [0.29, 0.717) is 12.0 Å². The Bertz CT molecular complexity index is 414. The van der Waals surface area contributed by atoms with Crippen LogP contribution in [0.3, 0.4) is 0 Å². The molecule has 132 valence electrons. The van der Waals surface area contributed by atoms with Crippen molar-refractivity contribution >= 4 is 5.91 Å². The highest BCUT2D eigenvalue weighted by molar-refractivity contribution is 5.73. The molecule has 0 bridgehead atoms. The normalized spacial score (nSPS) is 33.1. The fourth-order valence-corrected chi connectivity index (χ4v) is 4.81. The number of rotatable bonds is 3. The van der Waals surface area contributed by atoms with Crippen LogP contribution in [0.5, 0.6) is 0 Å². The number of aliphatic hydroxyl groups is 1. The van der Waals surface area contributed by atoms with E-state index in [2.05, 4.69) is 16.7 Å². The third-order valence-electron chi connectivity index (χ3n) is 6.18. The summed E-state index contributed by atoms with van der Waals surface area (Å²) in [5.74, 6) is 0.844. The van der Waals surface area contributed by atoms with E-state index in [1.165, 1.54) is 19.3 Å². The lowest BCUT2D eigenvalue weighted by atomic mass is 9.84. The van der Waals surface area contributed by atoms with Crippen molar-refractivity contribution in [2.45, 2.75) is 57.6 Å². The van der Waals surface area contributed by atoms with E-state index in [1.54, 1.807) is 6.92 Å². The fourth-order valence-electron chi connectivity index (χ4n) is 4.81. The van der Waals surface area contributed by atoms with Crippen molar-refractivity contribution in [3.8, 4) is 0 Å². The predicted octanol–water partition coefficient (Wildman–Crippen LogP) is 1.17. The minimum Gasteiger partial charge on any atom is -0.389 e. The van der Waals surface area contributed by atoms with Gasteiger partial charge < -0.3 is 10.0 Å². The van der Waals surface area contributed by atoms with E-state index in [-0.39, 0.29) is 5.91 Å². The monoisotopic (exact) mass is 323 g/mol. The molecule has 0 aromatic rings. The summed E-state index contributed by atoms with van der Waals surface area (Å²) in [6.07, 6.45) is 5.58. The van der Waals surface area contributed by atoms with E-state index in [1.807, 2.05) is 4.90 Å². The maximum Gasteiger partial charge on any atom is 0.219 e. The minimum absolute atomic E-state index is 0.199. The van der Waals surface area contributed by atoms with Gasteiger partial charge in [0.2, 0.25) is 5.91 Å². The molecule has 5 heteroatoms. The summed E-state index contributed by atoms with van der Waals surface area (Å²) in [5.41, 5.74) is -0.444. The number of piperazine rings is 1. The SMILES string of the molecule is CC(=O)N1CCN(C2CN(CC3(O)CCCCC3)CC2C)CC1. The molecule has 2 aliphatic heterocycles. The zero-order chi connectivity index (χ0) is 16.4. The molecule has 1 amide bonds. The van der Waals surface area contributed by atoms with Crippen molar-refractivity contribution in [2.75, 3.05) is 45.8 Å². The Morgan fingerprint density at radius 1 is 1.09 bits per heavy atom. The van der Waals surface area contributed by atoms with Crippen LogP contribution in [0.1, 0.15) is 46.0 Å². The van der Waals surface area contributed by atoms with Crippen molar-refractivity contribution in [1.29, 1.82) is 0 Å². The van der Waals surface area contributed by atoms with E-state index < -0.39 is 5.60 Å². The molecule has 0 aromatic heterocycles. The Hall–Kier alpha value is -0.650. The molecule has 1 N–H and O–H groups in total. The van der Waals surface area contributed by atoms with Gasteiger partial charge in [0.05, 0.1) is 5.60 Å². The summed E-state index contributed by atoms with van der Waals surface area (Å²) < 4.78 is 0. The molecule has 0 spiro atoms. The van der Waals surface area contributed by atoms with Gasteiger partial charge in [0.25, 0.3) is 0 Å². The van der Waals surface area contributed by atoms with Gasteiger partial charge in [-0.3, -0.25) is 14.6 Å². The van der Waals surface area contributed by atoms with Crippen molar-refractivity contribution in [2.24, 2.45) is 5.92 Å². The largest absolute Gasteiger partial charge is 0.389 e. The Morgan fingerprint density at radius 2 is 1.74 bits per heavy atom. The highest BCUT2D eigenvalue weighted by Gasteiger charge is 2.39. The second-order valence-electron chi connectivity index (χ2n) is 8.07. The van der Waals surface area contributed by atoms with E-state index in [9.17, 15) is 9.90 Å². The third kappa shape index (κ3) is 4.06. The van der Waals surface area contributed by atoms with Crippen LogP contribution < -0.4 is 0 Å². The van der Waals surface area contributed by atoms with Crippen LogP contribution in [0, 0.1) is 5.92 Å². The molecule has 2 saturated heterocycles. The summed E-state index contributed by atoms with van der Waals surface area (Å²) in [7, 11) is 0. The third-order valence-corrected chi connectivity index (χ3v) is 6.18.